The van der Waals surface area contributed by atoms with Gasteiger partial charge in [0.25, 0.3) is 0 Å². The van der Waals surface area contributed by atoms with E-state index in [1.54, 1.807) is 18.2 Å². The van der Waals surface area contributed by atoms with Gasteiger partial charge in [-0.15, -0.1) is 0 Å². The molecule has 0 saturated heterocycles. The molecular weight excluding hydrogens is 335 g/mol. The fraction of sp³-hybridized carbons (Fsp3) is 0.188. The van der Waals surface area contributed by atoms with Crippen LogP contribution in [0, 0.1) is 17.1 Å². The molecule has 2 aromatic rings. The van der Waals surface area contributed by atoms with E-state index in [0.717, 1.165) is 10.0 Å². The first-order chi connectivity index (χ1) is 10.1. The Morgan fingerprint density at radius 3 is 2.71 bits per heavy atom. The minimum absolute atomic E-state index is 0.0960. The molecule has 1 atom stereocenters. The number of ether oxygens (including phenoxy) is 1. The maximum Gasteiger partial charge on any atom is 0.148 e. The van der Waals surface area contributed by atoms with Crippen molar-refractivity contribution in [2.75, 3.05) is 7.05 Å². The minimum atomic E-state index is -0.588. The highest BCUT2D eigenvalue weighted by molar-refractivity contribution is 9.10. The van der Waals surface area contributed by atoms with Crippen LogP contribution in [0.1, 0.15) is 24.1 Å². The normalized spacial score (nSPS) is 11.8. The minimum Gasteiger partial charge on any atom is -0.456 e. The maximum atomic E-state index is 13.5. The van der Waals surface area contributed by atoms with Crippen LogP contribution in [0.5, 0.6) is 11.5 Å². The Morgan fingerprint density at radius 2 is 2.10 bits per heavy atom. The topological polar surface area (TPSA) is 45.0 Å². The Hall–Kier alpha value is -1.90. The van der Waals surface area contributed by atoms with E-state index >= 15 is 0 Å². The van der Waals surface area contributed by atoms with Gasteiger partial charge in [-0.3, -0.25) is 0 Å². The summed E-state index contributed by atoms with van der Waals surface area (Å²) in [7, 11) is 1.88. The van der Waals surface area contributed by atoms with Gasteiger partial charge < -0.3 is 10.1 Å². The van der Waals surface area contributed by atoms with Crippen molar-refractivity contribution >= 4 is 15.9 Å². The highest BCUT2D eigenvalue weighted by atomic mass is 79.9. The lowest BCUT2D eigenvalue weighted by molar-refractivity contribution is 0.473. The first-order valence-electron chi connectivity index (χ1n) is 6.40. The first kappa shape index (κ1) is 15.5. The quantitative estimate of drug-likeness (QED) is 0.882. The molecule has 0 amide bonds. The second-order valence-corrected chi connectivity index (χ2v) is 5.37. The summed E-state index contributed by atoms with van der Waals surface area (Å²) in [6.07, 6.45) is 0. The molecule has 0 bridgehead atoms. The first-order valence-corrected chi connectivity index (χ1v) is 7.19. The average molecular weight is 349 g/mol. The lowest BCUT2D eigenvalue weighted by atomic mass is 10.1. The predicted molar refractivity (Wildman–Crippen MR) is 82.8 cm³/mol. The number of nitrogens with zero attached hydrogens (tertiary/aromatic N) is 1. The van der Waals surface area contributed by atoms with E-state index in [9.17, 15) is 4.39 Å². The van der Waals surface area contributed by atoms with Gasteiger partial charge in [0.2, 0.25) is 0 Å². The van der Waals surface area contributed by atoms with Crippen molar-refractivity contribution in [1.82, 2.24) is 5.32 Å². The lowest BCUT2D eigenvalue weighted by Gasteiger charge is -2.14. The van der Waals surface area contributed by atoms with Crippen molar-refractivity contribution in [3.05, 3.63) is 57.8 Å². The van der Waals surface area contributed by atoms with Crippen molar-refractivity contribution < 1.29 is 9.13 Å². The summed E-state index contributed by atoms with van der Waals surface area (Å²) in [4.78, 5) is 0. The Labute approximate surface area is 131 Å². The van der Waals surface area contributed by atoms with Gasteiger partial charge in [0.05, 0.1) is 0 Å². The lowest BCUT2D eigenvalue weighted by Crippen LogP contribution is -2.12. The van der Waals surface area contributed by atoms with Gasteiger partial charge >= 0.3 is 0 Å². The van der Waals surface area contributed by atoms with Crippen LogP contribution in [0.4, 0.5) is 4.39 Å². The molecule has 0 aliphatic heterocycles. The largest absolute Gasteiger partial charge is 0.456 e. The number of nitriles is 1. The molecule has 1 unspecified atom stereocenters. The number of nitrogens with one attached hydrogen (secondary N) is 1. The third-order valence-electron chi connectivity index (χ3n) is 3.19. The summed E-state index contributed by atoms with van der Waals surface area (Å²) in [5.74, 6) is 0.157. The molecule has 3 nitrogen and oxygen atoms in total. The van der Waals surface area contributed by atoms with Crippen molar-refractivity contribution in [3.8, 4) is 17.6 Å². The molecule has 5 heteroatoms. The highest BCUT2D eigenvalue weighted by Crippen LogP contribution is 2.31. The van der Waals surface area contributed by atoms with Crippen LogP contribution in [-0.2, 0) is 0 Å². The summed E-state index contributed by atoms with van der Waals surface area (Å²) in [6.45, 7) is 2.04. The van der Waals surface area contributed by atoms with Gasteiger partial charge in [-0.25, -0.2) is 4.39 Å². The molecule has 0 heterocycles. The van der Waals surface area contributed by atoms with Crippen molar-refractivity contribution in [2.45, 2.75) is 13.0 Å². The molecule has 108 valence electrons. The van der Waals surface area contributed by atoms with Crippen LogP contribution in [0.2, 0.25) is 0 Å². The molecule has 0 aliphatic rings. The molecule has 0 spiro atoms. The summed E-state index contributed by atoms with van der Waals surface area (Å²) in [6, 6.07) is 11.8. The molecule has 0 aromatic heterocycles. The van der Waals surface area contributed by atoms with E-state index < -0.39 is 5.82 Å². The zero-order chi connectivity index (χ0) is 15.4. The van der Waals surface area contributed by atoms with Gasteiger partial charge in [-0.05, 0) is 43.8 Å². The van der Waals surface area contributed by atoms with Gasteiger partial charge in [0.15, 0.2) is 0 Å². The highest BCUT2D eigenvalue weighted by Gasteiger charge is 2.12. The zero-order valence-corrected chi connectivity index (χ0v) is 13.2. The van der Waals surface area contributed by atoms with E-state index in [2.05, 4.69) is 21.2 Å². The number of benzene rings is 2. The molecule has 21 heavy (non-hydrogen) atoms. The SMILES string of the molecule is CNC(C)c1ccc(Oc2cccc(F)c2C#N)cc1Br. The fourth-order valence-corrected chi connectivity index (χ4v) is 2.60. The summed E-state index contributed by atoms with van der Waals surface area (Å²) in [5, 5.41) is 12.1. The van der Waals surface area contributed by atoms with Crippen LogP contribution in [0.3, 0.4) is 0 Å². The number of rotatable bonds is 4. The van der Waals surface area contributed by atoms with Crippen LogP contribution < -0.4 is 10.1 Å². The summed E-state index contributed by atoms with van der Waals surface area (Å²) in [5.41, 5.74) is 0.992. The van der Waals surface area contributed by atoms with E-state index in [4.69, 9.17) is 10.00 Å². The molecule has 2 rings (SSSR count). The number of hydrogen-bond acceptors (Lipinski definition) is 3. The monoisotopic (exact) mass is 348 g/mol. The van der Waals surface area contributed by atoms with E-state index in [1.807, 2.05) is 26.1 Å². The standard InChI is InChI=1S/C16H14BrFN2O/c1-10(20-2)12-7-6-11(8-14(12)17)21-16-5-3-4-15(18)13(16)9-19/h3-8,10,20H,1-2H3. The molecule has 1 N–H and O–H groups in total. The number of halogens is 2. The van der Waals surface area contributed by atoms with E-state index in [0.29, 0.717) is 5.75 Å². The van der Waals surface area contributed by atoms with Gasteiger partial charge in [-0.2, -0.15) is 5.26 Å². The van der Waals surface area contributed by atoms with Gasteiger partial charge in [-0.1, -0.05) is 28.1 Å². The third kappa shape index (κ3) is 3.41. The Kier molecular flexibility index (Phi) is 4.94. The maximum absolute atomic E-state index is 13.5. The molecule has 0 aliphatic carbocycles. The second-order valence-electron chi connectivity index (χ2n) is 4.52. The van der Waals surface area contributed by atoms with Gasteiger partial charge in [0, 0.05) is 10.5 Å². The van der Waals surface area contributed by atoms with Crippen molar-refractivity contribution in [1.29, 1.82) is 5.26 Å². The molecular formula is C16H14BrFN2O. The third-order valence-corrected chi connectivity index (χ3v) is 3.87. The molecule has 0 fully saturated rings. The molecule has 0 radical (unpaired) electrons. The van der Waals surface area contributed by atoms with Crippen molar-refractivity contribution in [2.24, 2.45) is 0 Å². The Bertz CT molecular complexity index is 697. The average Bonchev–Trinajstić information content (AvgIpc) is 2.47. The van der Waals surface area contributed by atoms with Crippen LogP contribution in [0.15, 0.2) is 40.9 Å². The fourth-order valence-electron chi connectivity index (χ4n) is 1.90. The van der Waals surface area contributed by atoms with Crippen molar-refractivity contribution in [3.63, 3.8) is 0 Å². The summed E-state index contributed by atoms with van der Waals surface area (Å²) >= 11 is 3.49. The second kappa shape index (κ2) is 6.70. The Morgan fingerprint density at radius 1 is 1.33 bits per heavy atom. The smallest absolute Gasteiger partial charge is 0.148 e. The van der Waals surface area contributed by atoms with E-state index in [1.165, 1.54) is 12.1 Å². The van der Waals surface area contributed by atoms with Crippen LogP contribution in [0.25, 0.3) is 0 Å². The molecule has 0 saturated carbocycles. The zero-order valence-electron chi connectivity index (χ0n) is 11.7. The van der Waals surface area contributed by atoms with E-state index in [-0.39, 0.29) is 17.4 Å². The van der Waals surface area contributed by atoms with Crippen LogP contribution in [-0.4, -0.2) is 7.05 Å². The summed E-state index contributed by atoms with van der Waals surface area (Å²) < 4.78 is 20.0. The Balaban J connectivity index is 2.32. The predicted octanol–water partition coefficient (Wildman–Crippen LogP) is 4.53. The van der Waals surface area contributed by atoms with Gasteiger partial charge in [0.1, 0.15) is 28.9 Å². The number of hydrogen-bond donors (Lipinski definition) is 1. The van der Waals surface area contributed by atoms with Crippen LogP contribution >= 0.6 is 15.9 Å². The molecule has 2 aromatic carbocycles.